The summed E-state index contributed by atoms with van der Waals surface area (Å²) in [4.78, 5) is 0. The topological polar surface area (TPSA) is 21.3 Å². The van der Waals surface area contributed by atoms with Crippen molar-refractivity contribution in [3.63, 3.8) is 0 Å². The smallest absolute Gasteiger partial charge is 0.0728 e. The van der Waals surface area contributed by atoms with E-state index in [1.54, 1.807) is 0 Å². The van der Waals surface area contributed by atoms with Crippen LogP contribution in [0, 0.1) is 5.92 Å². The highest BCUT2D eigenvalue weighted by atomic mass is 16.5. The summed E-state index contributed by atoms with van der Waals surface area (Å²) in [6, 6.07) is 0.598. The Morgan fingerprint density at radius 2 is 1.89 bits per heavy atom. The zero-order valence-electron chi connectivity index (χ0n) is 12.7. The molecule has 1 N–H and O–H groups in total. The van der Waals surface area contributed by atoms with Crippen LogP contribution < -0.4 is 5.32 Å². The van der Waals surface area contributed by atoms with Crippen LogP contribution in [0.5, 0.6) is 0 Å². The molecule has 0 aromatic rings. The minimum absolute atomic E-state index is 0.457. The third-order valence-corrected chi connectivity index (χ3v) is 3.99. The number of rotatable bonds is 8. The van der Waals surface area contributed by atoms with Crippen LogP contribution in [0.3, 0.4) is 0 Å². The van der Waals surface area contributed by atoms with Crippen molar-refractivity contribution in [2.24, 2.45) is 5.92 Å². The maximum Gasteiger partial charge on any atom is 0.0728 e. The van der Waals surface area contributed by atoms with E-state index in [4.69, 9.17) is 4.74 Å². The van der Waals surface area contributed by atoms with Gasteiger partial charge in [-0.25, -0.2) is 0 Å². The molecule has 0 aliphatic heterocycles. The van der Waals surface area contributed by atoms with Gasteiger partial charge in [-0.05, 0) is 38.1 Å². The Morgan fingerprint density at radius 3 is 2.61 bits per heavy atom. The van der Waals surface area contributed by atoms with Gasteiger partial charge in [-0.2, -0.15) is 0 Å². The summed E-state index contributed by atoms with van der Waals surface area (Å²) in [6.45, 7) is 8.89. The summed E-state index contributed by atoms with van der Waals surface area (Å²) < 4.78 is 6.22. The molecule has 0 aromatic heterocycles. The average molecular weight is 255 g/mol. The van der Waals surface area contributed by atoms with Crippen LogP contribution in [-0.4, -0.2) is 25.3 Å². The van der Waals surface area contributed by atoms with Crippen molar-refractivity contribution in [1.29, 1.82) is 0 Å². The highest BCUT2D eigenvalue weighted by Crippen LogP contribution is 2.22. The molecule has 0 saturated heterocycles. The lowest BCUT2D eigenvalue weighted by molar-refractivity contribution is 0.00378. The molecule has 0 aromatic carbocycles. The minimum atomic E-state index is 0.457. The van der Waals surface area contributed by atoms with Gasteiger partial charge < -0.3 is 10.1 Å². The Morgan fingerprint density at radius 1 is 1.11 bits per heavy atom. The number of ether oxygens (including phenoxy) is 1. The molecule has 1 aliphatic rings. The minimum Gasteiger partial charge on any atom is -0.376 e. The third kappa shape index (κ3) is 6.19. The summed E-state index contributed by atoms with van der Waals surface area (Å²) in [5.74, 6) is 0.713. The number of hydrogen-bond donors (Lipinski definition) is 1. The molecule has 2 heteroatoms. The average Bonchev–Trinajstić information content (AvgIpc) is 2.59. The van der Waals surface area contributed by atoms with E-state index in [2.05, 4.69) is 26.1 Å². The van der Waals surface area contributed by atoms with E-state index in [0.29, 0.717) is 18.1 Å². The lowest BCUT2D eigenvalue weighted by Crippen LogP contribution is -2.41. The molecule has 0 radical (unpaired) electrons. The van der Waals surface area contributed by atoms with E-state index in [1.165, 1.54) is 51.4 Å². The normalized spacial score (nSPS) is 26.8. The molecule has 0 bridgehead atoms. The third-order valence-electron chi connectivity index (χ3n) is 3.99. The van der Waals surface area contributed by atoms with E-state index in [9.17, 15) is 0 Å². The van der Waals surface area contributed by atoms with Gasteiger partial charge in [0, 0.05) is 12.6 Å². The number of nitrogens with one attached hydrogen (secondary N) is 1. The summed E-state index contributed by atoms with van der Waals surface area (Å²) in [5.41, 5.74) is 0. The van der Waals surface area contributed by atoms with E-state index >= 15 is 0 Å². The van der Waals surface area contributed by atoms with Crippen molar-refractivity contribution in [3.05, 3.63) is 0 Å². The zero-order valence-corrected chi connectivity index (χ0v) is 12.7. The predicted octanol–water partition coefficient (Wildman–Crippen LogP) is 4.14. The first-order valence-corrected chi connectivity index (χ1v) is 8.12. The molecule has 18 heavy (non-hydrogen) atoms. The van der Waals surface area contributed by atoms with Gasteiger partial charge in [0.15, 0.2) is 0 Å². The van der Waals surface area contributed by atoms with Gasteiger partial charge in [0.05, 0.1) is 6.10 Å². The second-order valence-corrected chi connectivity index (χ2v) is 5.96. The monoisotopic (exact) mass is 255 g/mol. The van der Waals surface area contributed by atoms with Gasteiger partial charge in [-0.1, -0.05) is 46.5 Å². The number of hydrogen-bond acceptors (Lipinski definition) is 2. The summed E-state index contributed by atoms with van der Waals surface area (Å²) >= 11 is 0. The molecular formula is C16H33NO. The first-order valence-electron chi connectivity index (χ1n) is 8.12. The lowest BCUT2D eigenvalue weighted by Gasteiger charge is -2.27. The standard InChI is InChI=1S/C16H33NO/c1-4-9-14(3)13-18-16-11-8-6-7-10-15(16)17-12-5-2/h14-17H,4-13H2,1-3H3. The Labute approximate surface area is 114 Å². The molecular weight excluding hydrogens is 222 g/mol. The largest absolute Gasteiger partial charge is 0.376 e. The van der Waals surface area contributed by atoms with Crippen LogP contribution in [-0.2, 0) is 4.74 Å². The highest BCUT2D eigenvalue weighted by molar-refractivity contribution is 4.80. The Hall–Kier alpha value is -0.0800. The van der Waals surface area contributed by atoms with Gasteiger partial charge in [-0.15, -0.1) is 0 Å². The van der Waals surface area contributed by atoms with E-state index in [0.717, 1.165) is 13.2 Å². The molecule has 1 aliphatic carbocycles. The van der Waals surface area contributed by atoms with Crippen LogP contribution in [0.4, 0.5) is 0 Å². The maximum atomic E-state index is 6.22. The maximum absolute atomic E-state index is 6.22. The van der Waals surface area contributed by atoms with Crippen molar-refractivity contribution >= 4 is 0 Å². The van der Waals surface area contributed by atoms with Crippen molar-refractivity contribution in [2.45, 2.75) is 84.3 Å². The fraction of sp³-hybridized carbons (Fsp3) is 1.00. The van der Waals surface area contributed by atoms with E-state index < -0.39 is 0 Å². The second kappa shape index (κ2) is 9.80. The summed E-state index contributed by atoms with van der Waals surface area (Å²) in [5, 5.41) is 3.69. The van der Waals surface area contributed by atoms with Crippen molar-refractivity contribution in [3.8, 4) is 0 Å². The van der Waals surface area contributed by atoms with Crippen LogP contribution in [0.2, 0.25) is 0 Å². The molecule has 3 atom stereocenters. The molecule has 0 amide bonds. The molecule has 0 heterocycles. The van der Waals surface area contributed by atoms with Crippen molar-refractivity contribution in [2.75, 3.05) is 13.2 Å². The zero-order chi connectivity index (χ0) is 13.2. The van der Waals surface area contributed by atoms with Crippen molar-refractivity contribution in [1.82, 2.24) is 5.32 Å². The van der Waals surface area contributed by atoms with Crippen LogP contribution in [0.1, 0.15) is 72.1 Å². The molecule has 1 saturated carbocycles. The quantitative estimate of drug-likeness (QED) is 0.658. The van der Waals surface area contributed by atoms with Crippen LogP contribution in [0.15, 0.2) is 0 Å². The van der Waals surface area contributed by atoms with Gasteiger partial charge in [0.2, 0.25) is 0 Å². The van der Waals surface area contributed by atoms with Crippen LogP contribution in [0.25, 0.3) is 0 Å². The molecule has 3 unspecified atom stereocenters. The molecule has 2 nitrogen and oxygen atoms in total. The Bertz CT molecular complexity index is 196. The van der Waals surface area contributed by atoms with E-state index in [-0.39, 0.29) is 0 Å². The van der Waals surface area contributed by atoms with E-state index in [1.807, 2.05) is 0 Å². The van der Waals surface area contributed by atoms with Gasteiger partial charge in [0.1, 0.15) is 0 Å². The predicted molar refractivity (Wildman–Crippen MR) is 79.0 cm³/mol. The Kier molecular flexibility index (Phi) is 8.70. The summed E-state index contributed by atoms with van der Waals surface area (Å²) in [6.07, 6.45) is 10.9. The first-order chi connectivity index (χ1) is 8.77. The SMILES string of the molecule is CCCNC1CCCCCC1OCC(C)CCC. The fourth-order valence-electron chi connectivity index (χ4n) is 2.90. The van der Waals surface area contributed by atoms with Crippen LogP contribution >= 0.6 is 0 Å². The molecule has 1 rings (SSSR count). The second-order valence-electron chi connectivity index (χ2n) is 5.96. The Balaban J connectivity index is 2.35. The summed E-state index contributed by atoms with van der Waals surface area (Å²) in [7, 11) is 0. The fourth-order valence-corrected chi connectivity index (χ4v) is 2.90. The molecule has 1 fully saturated rings. The molecule has 108 valence electrons. The van der Waals surface area contributed by atoms with Gasteiger partial charge in [-0.3, -0.25) is 0 Å². The lowest BCUT2D eigenvalue weighted by atomic mass is 10.0. The molecule has 0 spiro atoms. The first kappa shape index (κ1) is 16.0. The van der Waals surface area contributed by atoms with Gasteiger partial charge in [0.25, 0.3) is 0 Å². The highest BCUT2D eigenvalue weighted by Gasteiger charge is 2.24. The van der Waals surface area contributed by atoms with Crippen molar-refractivity contribution < 1.29 is 4.74 Å². The van der Waals surface area contributed by atoms with Gasteiger partial charge >= 0.3 is 0 Å².